The molecule has 0 radical (unpaired) electrons. The number of amides is 1. The van der Waals surface area contributed by atoms with E-state index in [4.69, 9.17) is 0 Å². The van der Waals surface area contributed by atoms with Gasteiger partial charge in [0.05, 0.1) is 13.0 Å². The zero-order chi connectivity index (χ0) is 14.4. The van der Waals surface area contributed by atoms with E-state index in [2.05, 4.69) is 20.0 Å². The fourth-order valence-electron chi connectivity index (χ4n) is 1.71. The molecule has 0 spiro atoms. The molecule has 0 fully saturated rings. The molecular formula is C12H18N4O3. The van der Waals surface area contributed by atoms with Crippen LogP contribution in [0.25, 0.3) is 0 Å². The monoisotopic (exact) mass is 266 g/mol. The molecule has 19 heavy (non-hydrogen) atoms. The number of carbonyl (C=O) groups is 2. The maximum absolute atomic E-state index is 11.6. The van der Waals surface area contributed by atoms with Crippen LogP contribution in [-0.2, 0) is 9.53 Å². The second-order valence-corrected chi connectivity index (χ2v) is 4.15. The van der Waals surface area contributed by atoms with E-state index < -0.39 is 5.97 Å². The van der Waals surface area contributed by atoms with Crippen molar-refractivity contribution >= 4 is 17.7 Å². The van der Waals surface area contributed by atoms with E-state index >= 15 is 0 Å². The fraction of sp³-hybridized carbons (Fsp3) is 0.500. The minimum Gasteiger partial charge on any atom is -0.465 e. The van der Waals surface area contributed by atoms with Crippen LogP contribution >= 0.6 is 0 Å². The van der Waals surface area contributed by atoms with Crippen molar-refractivity contribution in [3.05, 3.63) is 18.1 Å². The molecule has 1 heterocycles. The van der Waals surface area contributed by atoms with Crippen molar-refractivity contribution in [2.75, 3.05) is 32.6 Å². The van der Waals surface area contributed by atoms with Crippen LogP contribution < -0.4 is 10.2 Å². The predicted molar refractivity (Wildman–Crippen MR) is 69.9 cm³/mol. The molecule has 0 bridgehead atoms. The molecule has 1 amide bonds. The van der Waals surface area contributed by atoms with Crippen LogP contribution in [0.4, 0.5) is 5.82 Å². The number of nitrogens with one attached hydrogen (secondary N) is 1. The highest BCUT2D eigenvalue weighted by Crippen LogP contribution is 2.16. The van der Waals surface area contributed by atoms with Crippen molar-refractivity contribution in [3.63, 3.8) is 0 Å². The lowest BCUT2D eigenvalue weighted by molar-refractivity contribution is -0.123. The van der Waals surface area contributed by atoms with Crippen molar-refractivity contribution in [1.29, 1.82) is 0 Å². The number of carbonyl (C=O) groups excluding carboxylic acids is 2. The minimum absolute atomic E-state index is 0.0690. The number of hydrogen-bond donors (Lipinski definition) is 1. The molecule has 0 saturated heterocycles. The van der Waals surface area contributed by atoms with Gasteiger partial charge in [-0.1, -0.05) is 6.92 Å². The van der Waals surface area contributed by atoms with Crippen LogP contribution in [0.1, 0.15) is 17.3 Å². The van der Waals surface area contributed by atoms with Gasteiger partial charge in [0.1, 0.15) is 17.7 Å². The van der Waals surface area contributed by atoms with Gasteiger partial charge in [0.15, 0.2) is 0 Å². The van der Waals surface area contributed by atoms with Crippen LogP contribution in [0, 0.1) is 5.92 Å². The molecule has 7 heteroatoms. The summed E-state index contributed by atoms with van der Waals surface area (Å²) in [4.78, 5) is 32.7. The molecule has 104 valence electrons. The average molecular weight is 266 g/mol. The highest BCUT2D eigenvalue weighted by atomic mass is 16.5. The van der Waals surface area contributed by atoms with Gasteiger partial charge >= 0.3 is 5.97 Å². The van der Waals surface area contributed by atoms with Gasteiger partial charge in [-0.15, -0.1) is 0 Å². The van der Waals surface area contributed by atoms with Crippen LogP contribution in [0.3, 0.4) is 0 Å². The minimum atomic E-state index is -0.505. The summed E-state index contributed by atoms with van der Waals surface area (Å²) >= 11 is 0. The SMILES string of the molecule is CNC(=O)C(C)CN(C)c1ncncc1C(=O)OC. The first-order valence-corrected chi connectivity index (χ1v) is 5.82. The zero-order valence-electron chi connectivity index (χ0n) is 11.5. The summed E-state index contributed by atoms with van der Waals surface area (Å²) in [6, 6.07) is 0. The van der Waals surface area contributed by atoms with Gasteiger partial charge < -0.3 is 15.0 Å². The Morgan fingerprint density at radius 3 is 2.79 bits per heavy atom. The molecule has 1 aromatic heterocycles. The molecule has 1 unspecified atom stereocenters. The summed E-state index contributed by atoms with van der Waals surface area (Å²) < 4.78 is 4.68. The Balaban J connectivity index is 2.90. The number of methoxy groups -OCH3 is 1. The van der Waals surface area contributed by atoms with Crippen LogP contribution in [0.15, 0.2) is 12.5 Å². The average Bonchev–Trinajstić information content (AvgIpc) is 2.45. The summed E-state index contributed by atoms with van der Waals surface area (Å²) in [6.07, 6.45) is 2.75. The van der Waals surface area contributed by atoms with E-state index in [9.17, 15) is 9.59 Å². The smallest absolute Gasteiger partial charge is 0.343 e. The number of nitrogens with zero attached hydrogens (tertiary/aromatic N) is 3. The Labute approximate surface area is 112 Å². The second kappa shape index (κ2) is 6.67. The summed E-state index contributed by atoms with van der Waals surface area (Å²) in [7, 11) is 4.64. The first-order valence-electron chi connectivity index (χ1n) is 5.82. The quantitative estimate of drug-likeness (QED) is 0.760. The lowest BCUT2D eigenvalue weighted by Gasteiger charge is -2.22. The van der Waals surface area contributed by atoms with Crippen molar-refractivity contribution in [2.45, 2.75) is 6.92 Å². The molecule has 1 N–H and O–H groups in total. The third-order valence-electron chi connectivity index (χ3n) is 2.70. The zero-order valence-corrected chi connectivity index (χ0v) is 11.5. The van der Waals surface area contributed by atoms with Crippen LogP contribution in [-0.4, -0.2) is 49.6 Å². The highest BCUT2D eigenvalue weighted by Gasteiger charge is 2.20. The normalized spacial score (nSPS) is 11.6. The Hall–Kier alpha value is -2.18. The molecule has 0 aliphatic carbocycles. The summed E-state index contributed by atoms with van der Waals surface area (Å²) in [5.41, 5.74) is 0.275. The predicted octanol–water partition coefficient (Wildman–Crippen LogP) is 0.0815. The molecule has 7 nitrogen and oxygen atoms in total. The van der Waals surface area contributed by atoms with Gasteiger partial charge in [-0.05, 0) is 0 Å². The number of anilines is 1. The third kappa shape index (κ3) is 3.64. The second-order valence-electron chi connectivity index (χ2n) is 4.15. The lowest BCUT2D eigenvalue weighted by atomic mass is 10.1. The van der Waals surface area contributed by atoms with Gasteiger partial charge in [-0.25, -0.2) is 14.8 Å². The van der Waals surface area contributed by atoms with Gasteiger partial charge in [-0.3, -0.25) is 4.79 Å². The summed E-state index contributed by atoms with van der Waals surface area (Å²) in [6.45, 7) is 2.23. The number of aromatic nitrogens is 2. The maximum atomic E-state index is 11.6. The Morgan fingerprint density at radius 1 is 1.53 bits per heavy atom. The molecule has 1 aromatic rings. The van der Waals surface area contributed by atoms with E-state index in [1.165, 1.54) is 19.6 Å². The maximum Gasteiger partial charge on any atom is 0.343 e. The highest BCUT2D eigenvalue weighted by molar-refractivity contribution is 5.94. The summed E-state index contributed by atoms with van der Waals surface area (Å²) in [5.74, 6) is -0.358. The molecule has 0 aliphatic heterocycles. The van der Waals surface area contributed by atoms with Gasteiger partial charge in [-0.2, -0.15) is 0 Å². The summed E-state index contributed by atoms with van der Waals surface area (Å²) in [5, 5.41) is 2.58. The standard InChI is InChI=1S/C12H18N4O3/c1-8(11(17)13-2)6-16(3)10-9(12(18)19-4)5-14-7-15-10/h5,7-8H,6H2,1-4H3,(H,13,17). The van der Waals surface area contributed by atoms with Gasteiger partial charge in [0.2, 0.25) is 5.91 Å². The number of rotatable bonds is 5. The Kier molecular flexibility index (Phi) is 5.23. The van der Waals surface area contributed by atoms with E-state index in [0.717, 1.165) is 0 Å². The van der Waals surface area contributed by atoms with Crippen molar-refractivity contribution in [1.82, 2.24) is 15.3 Å². The lowest BCUT2D eigenvalue weighted by Crippen LogP contribution is -2.35. The first-order chi connectivity index (χ1) is 9.01. The molecule has 1 rings (SSSR count). The Bertz CT molecular complexity index is 464. The van der Waals surface area contributed by atoms with Crippen LogP contribution in [0.5, 0.6) is 0 Å². The largest absolute Gasteiger partial charge is 0.465 e. The van der Waals surface area contributed by atoms with Crippen molar-refractivity contribution < 1.29 is 14.3 Å². The topological polar surface area (TPSA) is 84.4 Å². The van der Waals surface area contributed by atoms with E-state index in [0.29, 0.717) is 12.4 Å². The van der Waals surface area contributed by atoms with E-state index in [-0.39, 0.29) is 17.4 Å². The molecule has 0 aromatic carbocycles. The van der Waals surface area contributed by atoms with E-state index in [1.807, 2.05) is 0 Å². The molecule has 0 aliphatic rings. The molecule has 0 saturated carbocycles. The number of esters is 1. The van der Waals surface area contributed by atoms with Gasteiger partial charge in [0.25, 0.3) is 0 Å². The third-order valence-corrected chi connectivity index (χ3v) is 2.70. The van der Waals surface area contributed by atoms with Crippen molar-refractivity contribution in [3.8, 4) is 0 Å². The molecule has 1 atom stereocenters. The van der Waals surface area contributed by atoms with Crippen molar-refractivity contribution in [2.24, 2.45) is 5.92 Å². The Morgan fingerprint density at radius 2 is 2.21 bits per heavy atom. The van der Waals surface area contributed by atoms with E-state index in [1.54, 1.807) is 25.9 Å². The first kappa shape index (κ1) is 14.9. The van der Waals surface area contributed by atoms with Crippen LogP contribution in [0.2, 0.25) is 0 Å². The molecular weight excluding hydrogens is 248 g/mol. The number of ether oxygens (including phenoxy) is 1. The number of hydrogen-bond acceptors (Lipinski definition) is 6. The van der Waals surface area contributed by atoms with Gasteiger partial charge in [0, 0.05) is 26.8 Å². The fourth-order valence-corrected chi connectivity index (χ4v) is 1.71.